The monoisotopic (exact) mass is 738 g/mol. The predicted molar refractivity (Wildman–Crippen MR) is 247 cm³/mol. The van der Waals surface area contributed by atoms with Crippen LogP contribution in [0.3, 0.4) is 0 Å². The van der Waals surface area contributed by atoms with Crippen LogP contribution in [0.15, 0.2) is 231 Å². The van der Waals surface area contributed by atoms with E-state index < -0.39 is 0 Å². The van der Waals surface area contributed by atoms with Gasteiger partial charge in [0.05, 0.1) is 16.7 Å². The van der Waals surface area contributed by atoms with Gasteiger partial charge >= 0.3 is 0 Å². The standard InChI is InChI=1S/C56H38N2/c1-3-16-40(17-4-1)49-26-11-12-30-53(49)57(45-35-32-42(33-36-45)48-28-14-20-39-18-7-9-25-47(39)48)46-24-13-21-43(38-46)50-29-15-31-54-55(50)52-37-34-41-19-8-10-27-51(41)56(52)58(54)44-22-5-2-6-23-44/h1-38H. The molecular weight excluding hydrogens is 701 g/mol. The lowest BCUT2D eigenvalue weighted by Gasteiger charge is -2.28. The third-order valence-corrected chi connectivity index (χ3v) is 11.6. The molecule has 0 fully saturated rings. The Morgan fingerprint density at radius 2 is 0.914 bits per heavy atom. The first-order valence-electron chi connectivity index (χ1n) is 19.9. The van der Waals surface area contributed by atoms with Gasteiger partial charge in [-0.15, -0.1) is 0 Å². The lowest BCUT2D eigenvalue weighted by molar-refractivity contribution is 1.19. The van der Waals surface area contributed by atoms with Crippen molar-refractivity contribution >= 4 is 60.4 Å². The van der Waals surface area contributed by atoms with Crippen LogP contribution in [0.25, 0.3) is 82.4 Å². The third kappa shape index (κ3) is 5.66. The summed E-state index contributed by atoms with van der Waals surface area (Å²) in [7, 11) is 0. The minimum absolute atomic E-state index is 1.09. The maximum absolute atomic E-state index is 2.44. The van der Waals surface area contributed by atoms with Gasteiger partial charge < -0.3 is 9.47 Å². The number of benzene rings is 10. The van der Waals surface area contributed by atoms with Gasteiger partial charge in [-0.1, -0.05) is 182 Å². The highest BCUT2D eigenvalue weighted by Crippen LogP contribution is 2.45. The molecule has 0 amide bonds. The molecule has 0 unspecified atom stereocenters. The first-order chi connectivity index (χ1) is 28.8. The molecule has 58 heavy (non-hydrogen) atoms. The zero-order valence-corrected chi connectivity index (χ0v) is 31.8. The summed E-state index contributed by atoms with van der Waals surface area (Å²) in [6, 6.07) is 83.6. The van der Waals surface area contributed by atoms with Crippen LogP contribution in [0, 0.1) is 0 Å². The van der Waals surface area contributed by atoms with Gasteiger partial charge in [0, 0.05) is 38.8 Å². The van der Waals surface area contributed by atoms with Crippen molar-refractivity contribution in [3.05, 3.63) is 231 Å². The fourth-order valence-corrected chi connectivity index (χ4v) is 8.95. The average molecular weight is 739 g/mol. The summed E-state index contributed by atoms with van der Waals surface area (Å²) in [5.74, 6) is 0. The van der Waals surface area contributed by atoms with E-state index in [-0.39, 0.29) is 0 Å². The Labute approximate surface area is 338 Å². The van der Waals surface area contributed by atoms with Crippen LogP contribution in [0.1, 0.15) is 0 Å². The molecule has 1 aromatic heterocycles. The number of rotatable bonds is 7. The second-order valence-electron chi connectivity index (χ2n) is 14.9. The van der Waals surface area contributed by atoms with Crippen molar-refractivity contribution in [2.75, 3.05) is 4.90 Å². The molecule has 0 bridgehead atoms. The normalized spacial score (nSPS) is 11.4. The highest BCUT2D eigenvalue weighted by atomic mass is 15.1. The van der Waals surface area contributed by atoms with Crippen LogP contribution >= 0.6 is 0 Å². The Morgan fingerprint density at radius 3 is 1.74 bits per heavy atom. The van der Waals surface area contributed by atoms with Crippen molar-refractivity contribution in [3.63, 3.8) is 0 Å². The molecule has 0 spiro atoms. The molecule has 0 N–H and O–H groups in total. The fourth-order valence-electron chi connectivity index (χ4n) is 8.95. The number of hydrogen-bond acceptors (Lipinski definition) is 1. The van der Waals surface area contributed by atoms with Gasteiger partial charge in [0.1, 0.15) is 0 Å². The Balaban J connectivity index is 1.12. The number of anilines is 3. The van der Waals surface area contributed by atoms with E-state index in [1.54, 1.807) is 0 Å². The van der Waals surface area contributed by atoms with E-state index in [0.29, 0.717) is 0 Å². The smallest absolute Gasteiger partial charge is 0.0619 e. The molecule has 10 aromatic carbocycles. The summed E-state index contributed by atoms with van der Waals surface area (Å²) in [6.45, 7) is 0. The van der Waals surface area contributed by atoms with Crippen molar-refractivity contribution in [1.82, 2.24) is 4.57 Å². The quantitative estimate of drug-likeness (QED) is 0.158. The minimum Gasteiger partial charge on any atom is -0.310 e. The van der Waals surface area contributed by atoms with E-state index in [4.69, 9.17) is 0 Å². The Kier molecular flexibility index (Phi) is 8.19. The Bertz CT molecular complexity index is 3260. The molecule has 0 aliphatic rings. The molecule has 272 valence electrons. The molecule has 0 aliphatic carbocycles. The number of aromatic nitrogens is 1. The SMILES string of the molecule is c1ccc(-c2ccccc2N(c2ccc(-c3cccc4ccccc34)cc2)c2cccc(-c3cccc4c3c3ccc5ccccc5c3n4-c3ccccc3)c2)cc1. The van der Waals surface area contributed by atoms with Gasteiger partial charge in [-0.25, -0.2) is 0 Å². The maximum Gasteiger partial charge on any atom is 0.0619 e. The largest absolute Gasteiger partial charge is 0.310 e. The average Bonchev–Trinajstić information content (AvgIpc) is 3.65. The summed E-state index contributed by atoms with van der Waals surface area (Å²) < 4.78 is 2.44. The van der Waals surface area contributed by atoms with Crippen molar-refractivity contribution in [2.24, 2.45) is 0 Å². The molecule has 0 aliphatic heterocycles. The topological polar surface area (TPSA) is 8.17 Å². The minimum atomic E-state index is 1.09. The van der Waals surface area contributed by atoms with Gasteiger partial charge in [-0.3, -0.25) is 0 Å². The first kappa shape index (κ1) is 33.6. The van der Waals surface area contributed by atoms with Crippen LogP contribution in [-0.2, 0) is 0 Å². The molecule has 2 heteroatoms. The molecular formula is C56H38N2. The lowest BCUT2D eigenvalue weighted by atomic mass is 9.96. The summed E-state index contributed by atoms with van der Waals surface area (Å²) in [6.07, 6.45) is 0. The Hall–Kier alpha value is -7.68. The highest BCUT2D eigenvalue weighted by Gasteiger charge is 2.21. The van der Waals surface area contributed by atoms with Gasteiger partial charge in [0.15, 0.2) is 0 Å². The molecule has 11 aromatic rings. The van der Waals surface area contributed by atoms with Crippen molar-refractivity contribution in [1.29, 1.82) is 0 Å². The molecule has 1 heterocycles. The van der Waals surface area contributed by atoms with Crippen LogP contribution in [0.5, 0.6) is 0 Å². The highest BCUT2D eigenvalue weighted by molar-refractivity contribution is 6.22. The van der Waals surface area contributed by atoms with Crippen molar-refractivity contribution < 1.29 is 0 Å². The summed E-state index contributed by atoms with van der Waals surface area (Å²) in [5.41, 5.74) is 14.0. The van der Waals surface area contributed by atoms with E-state index in [9.17, 15) is 0 Å². The van der Waals surface area contributed by atoms with Crippen molar-refractivity contribution in [2.45, 2.75) is 0 Å². The van der Waals surface area contributed by atoms with Gasteiger partial charge in [-0.2, -0.15) is 0 Å². The Morgan fingerprint density at radius 1 is 0.328 bits per heavy atom. The van der Waals surface area contributed by atoms with Crippen molar-refractivity contribution in [3.8, 4) is 39.1 Å². The second-order valence-corrected chi connectivity index (χ2v) is 14.9. The van der Waals surface area contributed by atoms with E-state index in [1.165, 1.54) is 71.2 Å². The molecule has 0 radical (unpaired) electrons. The zero-order chi connectivity index (χ0) is 38.4. The number of fused-ring (bicyclic) bond motifs is 6. The second kappa shape index (κ2) is 14.1. The molecule has 0 saturated heterocycles. The predicted octanol–water partition coefficient (Wildman–Crippen LogP) is 15.6. The fraction of sp³-hybridized carbons (Fsp3) is 0. The molecule has 2 nitrogen and oxygen atoms in total. The lowest BCUT2D eigenvalue weighted by Crippen LogP contribution is -2.11. The first-order valence-corrected chi connectivity index (χ1v) is 19.9. The number of hydrogen-bond donors (Lipinski definition) is 0. The summed E-state index contributed by atoms with van der Waals surface area (Å²) >= 11 is 0. The van der Waals surface area contributed by atoms with Crippen LogP contribution in [-0.4, -0.2) is 4.57 Å². The number of para-hydroxylation sites is 2. The zero-order valence-electron chi connectivity index (χ0n) is 31.8. The van der Waals surface area contributed by atoms with Gasteiger partial charge in [-0.05, 0) is 92.5 Å². The van der Waals surface area contributed by atoms with E-state index in [2.05, 4.69) is 240 Å². The van der Waals surface area contributed by atoms with Crippen LogP contribution in [0.2, 0.25) is 0 Å². The maximum atomic E-state index is 2.44. The summed E-state index contributed by atoms with van der Waals surface area (Å²) in [5, 5.41) is 7.48. The molecule has 0 atom stereocenters. The van der Waals surface area contributed by atoms with Gasteiger partial charge in [0.2, 0.25) is 0 Å². The van der Waals surface area contributed by atoms with Crippen LogP contribution < -0.4 is 4.90 Å². The molecule has 0 saturated carbocycles. The third-order valence-electron chi connectivity index (χ3n) is 11.6. The van der Waals surface area contributed by atoms with Gasteiger partial charge in [0.25, 0.3) is 0 Å². The van der Waals surface area contributed by atoms with E-state index in [0.717, 1.165) is 28.3 Å². The summed E-state index contributed by atoms with van der Waals surface area (Å²) in [4.78, 5) is 2.42. The van der Waals surface area contributed by atoms with E-state index >= 15 is 0 Å². The molecule has 11 rings (SSSR count). The number of nitrogens with zero attached hydrogens (tertiary/aromatic N) is 2. The van der Waals surface area contributed by atoms with E-state index in [1.807, 2.05) is 0 Å². The van der Waals surface area contributed by atoms with Crippen LogP contribution in [0.4, 0.5) is 17.1 Å².